The first-order valence-corrected chi connectivity index (χ1v) is 8.04. The molecule has 0 radical (unpaired) electrons. The molecule has 0 aliphatic heterocycles. The maximum absolute atomic E-state index is 4.56. The summed E-state index contributed by atoms with van der Waals surface area (Å²) in [5.74, 6) is 0. The van der Waals surface area contributed by atoms with Crippen molar-refractivity contribution in [2.75, 3.05) is 6.54 Å². The second-order valence-electron chi connectivity index (χ2n) is 6.20. The van der Waals surface area contributed by atoms with E-state index in [0.717, 1.165) is 31.5 Å². The van der Waals surface area contributed by atoms with E-state index in [4.69, 9.17) is 0 Å². The second kappa shape index (κ2) is 6.89. The van der Waals surface area contributed by atoms with Gasteiger partial charge in [0.1, 0.15) is 0 Å². The minimum absolute atomic E-state index is 0.286. The van der Waals surface area contributed by atoms with Gasteiger partial charge in [-0.2, -0.15) is 5.10 Å². The summed E-state index contributed by atoms with van der Waals surface area (Å²) in [6.07, 6.45) is 3.17. The van der Waals surface area contributed by atoms with Crippen LogP contribution in [0.25, 0.3) is 0 Å². The van der Waals surface area contributed by atoms with Crippen molar-refractivity contribution >= 4 is 15.9 Å². The number of nitrogens with one attached hydrogen (secondary N) is 1. The summed E-state index contributed by atoms with van der Waals surface area (Å²) >= 11 is 3.70. The molecular formula is C15H28BrN3. The Kier molecular flexibility index (Phi) is 6.06. The zero-order valence-electron chi connectivity index (χ0n) is 13.2. The highest BCUT2D eigenvalue weighted by Gasteiger charge is 2.24. The highest BCUT2D eigenvalue weighted by atomic mass is 79.9. The van der Waals surface area contributed by atoms with E-state index in [0.29, 0.717) is 6.04 Å². The van der Waals surface area contributed by atoms with Crippen LogP contribution in [-0.4, -0.2) is 22.4 Å². The molecule has 0 aliphatic carbocycles. The molecule has 1 unspecified atom stereocenters. The van der Waals surface area contributed by atoms with Crippen molar-refractivity contribution in [2.24, 2.45) is 12.5 Å². The van der Waals surface area contributed by atoms with Crippen molar-refractivity contribution < 1.29 is 0 Å². The summed E-state index contributed by atoms with van der Waals surface area (Å²) in [4.78, 5) is 0. The lowest BCUT2D eigenvalue weighted by Gasteiger charge is -2.31. The number of aryl methyl sites for hydroxylation is 2. The normalized spacial score (nSPS) is 13.8. The first kappa shape index (κ1) is 16.7. The highest BCUT2D eigenvalue weighted by molar-refractivity contribution is 9.10. The van der Waals surface area contributed by atoms with Crippen LogP contribution in [0.2, 0.25) is 0 Å². The van der Waals surface area contributed by atoms with Crippen LogP contribution in [0.15, 0.2) is 4.47 Å². The number of halogens is 1. The van der Waals surface area contributed by atoms with Crippen molar-refractivity contribution in [1.29, 1.82) is 0 Å². The molecule has 0 amide bonds. The third-order valence-corrected chi connectivity index (χ3v) is 4.58. The Morgan fingerprint density at radius 1 is 1.32 bits per heavy atom. The molecule has 0 aromatic carbocycles. The molecule has 1 heterocycles. The molecule has 19 heavy (non-hydrogen) atoms. The number of hydrogen-bond donors (Lipinski definition) is 1. The van der Waals surface area contributed by atoms with Crippen molar-refractivity contribution in [3.63, 3.8) is 0 Å². The first-order chi connectivity index (χ1) is 8.81. The van der Waals surface area contributed by atoms with E-state index in [1.54, 1.807) is 0 Å². The fourth-order valence-electron chi connectivity index (χ4n) is 2.46. The van der Waals surface area contributed by atoms with Gasteiger partial charge in [-0.1, -0.05) is 34.6 Å². The fraction of sp³-hybridized carbons (Fsp3) is 0.800. The van der Waals surface area contributed by atoms with Crippen LogP contribution >= 0.6 is 15.9 Å². The molecule has 0 spiro atoms. The molecule has 0 aliphatic rings. The van der Waals surface area contributed by atoms with Crippen molar-refractivity contribution in [2.45, 2.75) is 59.9 Å². The molecule has 110 valence electrons. The van der Waals surface area contributed by atoms with Crippen molar-refractivity contribution in [3.8, 4) is 0 Å². The Morgan fingerprint density at radius 3 is 2.37 bits per heavy atom. The predicted molar refractivity (Wildman–Crippen MR) is 85.5 cm³/mol. The first-order valence-electron chi connectivity index (χ1n) is 7.24. The zero-order chi connectivity index (χ0) is 14.6. The summed E-state index contributed by atoms with van der Waals surface area (Å²) < 4.78 is 3.22. The molecule has 0 fully saturated rings. The monoisotopic (exact) mass is 329 g/mol. The van der Waals surface area contributed by atoms with Crippen LogP contribution in [0.5, 0.6) is 0 Å². The maximum atomic E-state index is 4.56. The molecule has 0 saturated heterocycles. The Bertz CT molecular complexity index is 404. The molecule has 3 nitrogen and oxygen atoms in total. The number of hydrogen-bond acceptors (Lipinski definition) is 2. The molecular weight excluding hydrogens is 302 g/mol. The van der Waals surface area contributed by atoms with Gasteiger partial charge in [-0.25, -0.2) is 0 Å². The van der Waals surface area contributed by atoms with E-state index < -0.39 is 0 Å². The van der Waals surface area contributed by atoms with Gasteiger partial charge in [0.25, 0.3) is 0 Å². The average molecular weight is 330 g/mol. The summed E-state index contributed by atoms with van der Waals surface area (Å²) in [6.45, 7) is 12.2. The van der Waals surface area contributed by atoms with E-state index in [2.05, 4.69) is 61.0 Å². The van der Waals surface area contributed by atoms with Gasteiger partial charge >= 0.3 is 0 Å². The van der Waals surface area contributed by atoms with Gasteiger partial charge < -0.3 is 5.32 Å². The van der Waals surface area contributed by atoms with Gasteiger partial charge in [-0.15, -0.1) is 0 Å². The van der Waals surface area contributed by atoms with E-state index in [1.807, 2.05) is 11.7 Å². The number of rotatable bonds is 6. The minimum Gasteiger partial charge on any atom is -0.314 e. The van der Waals surface area contributed by atoms with E-state index in [1.165, 1.54) is 10.2 Å². The van der Waals surface area contributed by atoms with Gasteiger partial charge in [0.05, 0.1) is 15.9 Å². The van der Waals surface area contributed by atoms with Gasteiger partial charge in [0.15, 0.2) is 0 Å². The summed E-state index contributed by atoms with van der Waals surface area (Å²) in [6, 6.07) is 0.532. The molecule has 0 saturated carbocycles. The van der Waals surface area contributed by atoms with Crippen molar-refractivity contribution in [1.82, 2.24) is 15.1 Å². The van der Waals surface area contributed by atoms with Crippen LogP contribution in [0.1, 0.15) is 52.4 Å². The third kappa shape index (κ3) is 4.32. The summed E-state index contributed by atoms with van der Waals surface area (Å²) in [7, 11) is 2.04. The Morgan fingerprint density at radius 2 is 1.95 bits per heavy atom. The van der Waals surface area contributed by atoms with E-state index in [9.17, 15) is 0 Å². The standard InChI is InChI=1S/C15H28BrN3/c1-7-11-14(16)12(19(6)18-11)9-10-13(17-8-2)15(3,4)5/h13,17H,7-10H2,1-6H3. The summed E-state index contributed by atoms with van der Waals surface area (Å²) in [5, 5.41) is 8.17. The maximum Gasteiger partial charge on any atom is 0.0766 e. The molecule has 0 bridgehead atoms. The Balaban J connectivity index is 2.77. The fourth-order valence-corrected chi connectivity index (χ4v) is 3.27. The van der Waals surface area contributed by atoms with Crippen molar-refractivity contribution in [3.05, 3.63) is 15.9 Å². The van der Waals surface area contributed by atoms with E-state index in [-0.39, 0.29) is 5.41 Å². The largest absolute Gasteiger partial charge is 0.314 e. The lowest BCUT2D eigenvalue weighted by molar-refractivity contribution is 0.257. The quantitative estimate of drug-likeness (QED) is 0.862. The average Bonchev–Trinajstić information content (AvgIpc) is 2.59. The van der Waals surface area contributed by atoms with Gasteiger partial charge in [-0.05, 0) is 47.2 Å². The Labute approximate surface area is 126 Å². The molecule has 1 atom stereocenters. The van der Waals surface area contributed by atoms with Crippen LogP contribution in [0.4, 0.5) is 0 Å². The molecule has 1 aromatic heterocycles. The predicted octanol–water partition coefficient (Wildman–Crippen LogP) is 3.70. The second-order valence-corrected chi connectivity index (χ2v) is 6.99. The lowest BCUT2D eigenvalue weighted by atomic mass is 9.83. The molecule has 1 N–H and O–H groups in total. The third-order valence-electron chi connectivity index (χ3n) is 3.67. The minimum atomic E-state index is 0.286. The summed E-state index contributed by atoms with van der Waals surface area (Å²) in [5.41, 5.74) is 2.76. The van der Waals surface area contributed by atoms with Gasteiger partial charge in [0.2, 0.25) is 0 Å². The number of aromatic nitrogens is 2. The van der Waals surface area contributed by atoms with Crippen LogP contribution in [-0.2, 0) is 19.9 Å². The molecule has 4 heteroatoms. The topological polar surface area (TPSA) is 29.9 Å². The van der Waals surface area contributed by atoms with Crippen LogP contribution in [0.3, 0.4) is 0 Å². The van der Waals surface area contributed by atoms with Crippen LogP contribution in [0, 0.1) is 5.41 Å². The van der Waals surface area contributed by atoms with E-state index >= 15 is 0 Å². The molecule has 1 rings (SSSR count). The molecule has 1 aromatic rings. The van der Waals surface area contributed by atoms with Crippen LogP contribution < -0.4 is 5.32 Å². The zero-order valence-corrected chi connectivity index (χ0v) is 14.8. The van der Waals surface area contributed by atoms with Gasteiger partial charge in [-0.3, -0.25) is 4.68 Å². The number of nitrogens with zero attached hydrogens (tertiary/aromatic N) is 2. The Hall–Kier alpha value is -0.350. The lowest BCUT2D eigenvalue weighted by Crippen LogP contribution is -2.40. The van der Waals surface area contributed by atoms with Gasteiger partial charge in [0, 0.05) is 13.1 Å². The highest BCUT2D eigenvalue weighted by Crippen LogP contribution is 2.27. The smallest absolute Gasteiger partial charge is 0.0766 e. The SMILES string of the molecule is CCNC(CCc1c(Br)c(CC)nn1C)C(C)(C)C.